The molecule has 0 heterocycles. The molecular formula is C17H25ClN2O3. The van der Waals surface area contributed by atoms with Crippen LogP contribution < -0.4 is 5.32 Å². The third kappa shape index (κ3) is 7.88. The van der Waals surface area contributed by atoms with E-state index in [1.807, 2.05) is 0 Å². The first-order valence-corrected chi connectivity index (χ1v) is 8.33. The van der Waals surface area contributed by atoms with Gasteiger partial charge in [-0.25, -0.2) is 4.79 Å². The second kappa shape index (κ2) is 10.9. The molecule has 0 aliphatic heterocycles. The third-order valence-electron chi connectivity index (χ3n) is 3.46. The number of unbranched alkanes of at least 4 members (excludes halogenated alkanes) is 3. The van der Waals surface area contributed by atoms with E-state index >= 15 is 0 Å². The molecule has 23 heavy (non-hydrogen) atoms. The van der Waals surface area contributed by atoms with Crippen LogP contribution in [0.15, 0.2) is 24.3 Å². The summed E-state index contributed by atoms with van der Waals surface area (Å²) < 4.78 is 4.64. The Bertz CT molecular complexity index is 508. The van der Waals surface area contributed by atoms with Crippen molar-refractivity contribution < 1.29 is 14.3 Å². The number of ether oxygens (including phenoxy) is 1. The van der Waals surface area contributed by atoms with Crippen molar-refractivity contribution in [2.45, 2.75) is 39.0 Å². The highest BCUT2D eigenvalue weighted by atomic mass is 35.5. The van der Waals surface area contributed by atoms with Gasteiger partial charge >= 0.3 is 12.0 Å². The number of hydrogen-bond donors (Lipinski definition) is 1. The van der Waals surface area contributed by atoms with Gasteiger partial charge in [-0.2, -0.15) is 0 Å². The van der Waals surface area contributed by atoms with Crippen molar-refractivity contribution in [1.82, 2.24) is 4.90 Å². The highest BCUT2D eigenvalue weighted by molar-refractivity contribution is 6.30. The number of nitrogens with one attached hydrogen (secondary N) is 1. The molecule has 1 N–H and O–H groups in total. The van der Waals surface area contributed by atoms with Gasteiger partial charge in [-0.3, -0.25) is 4.79 Å². The van der Waals surface area contributed by atoms with E-state index < -0.39 is 0 Å². The van der Waals surface area contributed by atoms with Crippen molar-refractivity contribution in [2.75, 3.05) is 25.5 Å². The van der Waals surface area contributed by atoms with Crippen molar-refractivity contribution in [3.05, 3.63) is 29.3 Å². The van der Waals surface area contributed by atoms with Crippen LogP contribution in [0.1, 0.15) is 39.0 Å². The molecular weight excluding hydrogens is 316 g/mol. The minimum Gasteiger partial charge on any atom is -0.469 e. The number of hydrogen-bond acceptors (Lipinski definition) is 3. The van der Waals surface area contributed by atoms with Gasteiger partial charge in [0.25, 0.3) is 0 Å². The lowest BCUT2D eigenvalue weighted by Gasteiger charge is -2.22. The number of amides is 2. The lowest BCUT2D eigenvalue weighted by atomic mass is 10.2. The SMILES string of the molecule is CCCCCCN(CCC(=O)OC)C(=O)Nc1cccc(Cl)c1. The zero-order valence-corrected chi connectivity index (χ0v) is 14.6. The summed E-state index contributed by atoms with van der Waals surface area (Å²) >= 11 is 5.92. The monoisotopic (exact) mass is 340 g/mol. The van der Waals surface area contributed by atoms with Gasteiger partial charge in [-0.15, -0.1) is 0 Å². The molecule has 0 radical (unpaired) electrons. The topological polar surface area (TPSA) is 58.6 Å². The average Bonchev–Trinajstić information content (AvgIpc) is 2.53. The summed E-state index contributed by atoms with van der Waals surface area (Å²) in [4.78, 5) is 25.4. The fraction of sp³-hybridized carbons (Fsp3) is 0.529. The number of carbonyl (C=O) groups is 2. The summed E-state index contributed by atoms with van der Waals surface area (Å²) in [5.74, 6) is -0.320. The van der Waals surface area contributed by atoms with Crippen molar-refractivity contribution in [3.8, 4) is 0 Å². The number of rotatable bonds is 9. The third-order valence-corrected chi connectivity index (χ3v) is 3.69. The van der Waals surface area contributed by atoms with Gasteiger partial charge in [-0.05, 0) is 24.6 Å². The molecule has 0 aliphatic carbocycles. The van der Waals surface area contributed by atoms with Crippen LogP contribution in [0.2, 0.25) is 5.02 Å². The Morgan fingerprint density at radius 2 is 2.00 bits per heavy atom. The summed E-state index contributed by atoms with van der Waals surface area (Å²) in [5.41, 5.74) is 0.638. The van der Waals surface area contributed by atoms with Crippen LogP contribution in [0.5, 0.6) is 0 Å². The van der Waals surface area contributed by atoms with Crippen LogP contribution in [0, 0.1) is 0 Å². The Morgan fingerprint density at radius 1 is 1.22 bits per heavy atom. The van der Waals surface area contributed by atoms with Gasteiger partial charge in [0, 0.05) is 23.8 Å². The number of halogens is 1. The number of anilines is 1. The Kier molecular flexibility index (Phi) is 9.14. The highest BCUT2D eigenvalue weighted by Gasteiger charge is 2.15. The molecule has 2 amide bonds. The summed E-state index contributed by atoms with van der Waals surface area (Å²) in [5, 5.41) is 3.38. The van der Waals surface area contributed by atoms with Crippen molar-refractivity contribution in [1.29, 1.82) is 0 Å². The quantitative estimate of drug-likeness (QED) is 0.538. The molecule has 0 aromatic heterocycles. The molecule has 5 nitrogen and oxygen atoms in total. The fourth-order valence-electron chi connectivity index (χ4n) is 2.14. The van der Waals surface area contributed by atoms with Gasteiger partial charge in [0.1, 0.15) is 0 Å². The van der Waals surface area contributed by atoms with Crippen LogP contribution in [0.25, 0.3) is 0 Å². The number of urea groups is 1. The smallest absolute Gasteiger partial charge is 0.321 e. The first-order chi connectivity index (χ1) is 11.1. The largest absolute Gasteiger partial charge is 0.469 e. The minimum absolute atomic E-state index is 0.188. The molecule has 6 heteroatoms. The Labute approximate surface area is 142 Å². The maximum Gasteiger partial charge on any atom is 0.321 e. The van der Waals surface area contributed by atoms with Gasteiger partial charge < -0.3 is 15.0 Å². The Balaban J connectivity index is 2.60. The molecule has 0 aliphatic rings. The van der Waals surface area contributed by atoms with E-state index in [2.05, 4.69) is 17.0 Å². The van der Waals surface area contributed by atoms with E-state index in [1.165, 1.54) is 7.11 Å². The van der Waals surface area contributed by atoms with Gasteiger partial charge in [0.2, 0.25) is 0 Å². The number of carbonyl (C=O) groups excluding carboxylic acids is 2. The molecule has 0 unspecified atom stereocenters. The minimum atomic E-state index is -0.320. The van der Waals surface area contributed by atoms with Gasteiger partial charge in [-0.1, -0.05) is 43.9 Å². The molecule has 0 saturated heterocycles. The molecule has 1 aromatic rings. The Morgan fingerprint density at radius 3 is 2.65 bits per heavy atom. The molecule has 0 fully saturated rings. The fourth-order valence-corrected chi connectivity index (χ4v) is 2.33. The second-order valence-electron chi connectivity index (χ2n) is 5.31. The normalized spacial score (nSPS) is 10.2. The van der Waals surface area contributed by atoms with E-state index in [0.717, 1.165) is 25.7 Å². The van der Waals surface area contributed by atoms with Crippen molar-refractivity contribution >= 4 is 29.3 Å². The summed E-state index contributed by atoms with van der Waals surface area (Å²) in [6, 6.07) is 6.76. The maximum atomic E-state index is 12.4. The lowest BCUT2D eigenvalue weighted by molar-refractivity contribution is -0.140. The highest BCUT2D eigenvalue weighted by Crippen LogP contribution is 2.15. The lowest BCUT2D eigenvalue weighted by Crippen LogP contribution is -2.37. The molecule has 1 rings (SSSR count). The molecule has 0 atom stereocenters. The Hall–Kier alpha value is -1.75. The number of nitrogens with zero attached hydrogens (tertiary/aromatic N) is 1. The summed E-state index contributed by atoms with van der Waals surface area (Å²) in [7, 11) is 1.35. The van der Waals surface area contributed by atoms with E-state index in [-0.39, 0.29) is 18.4 Å². The summed E-state index contributed by atoms with van der Waals surface area (Å²) in [6.45, 7) is 3.09. The van der Waals surface area contributed by atoms with Crippen molar-refractivity contribution in [2.24, 2.45) is 0 Å². The van der Waals surface area contributed by atoms with Crippen LogP contribution in [-0.4, -0.2) is 37.1 Å². The van der Waals surface area contributed by atoms with Gasteiger partial charge in [0.15, 0.2) is 0 Å². The predicted molar refractivity (Wildman–Crippen MR) is 92.8 cm³/mol. The zero-order valence-electron chi connectivity index (χ0n) is 13.8. The van der Waals surface area contributed by atoms with E-state index in [0.29, 0.717) is 23.8 Å². The molecule has 0 spiro atoms. The van der Waals surface area contributed by atoms with E-state index in [9.17, 15) is 9.59 Å². The van der Waals surface area contributed by atoms with Gasteiger partial charge in [0.05, 0.1) is 13.5 Å². The van der Waals surface area contributed by atoms with Crippen LogP contribution >= 0.6 is 11.6 Å². The molecule has 0 saturated carbocycles. The average molecular weight is 341 g/mol. The maximum absolute atomic E-state index is 12.4. The van der Waals surface area contributed by atoms with Crippen LogP contribution in [0.4, 0.5) is 10.5 Å². The van der Waals surface area contributed by atoms with Crippen LogP contribution in [0.3, 0.4) is 0 Å². The molecule has 1 aromatic carbocycles. The standard InChI is InChI=1S/C17H25ClN2O3/c1-3-4-5-6-11-20(12-10-16(21)23-2)17(22)19-15-9-7-8-14(18)13-15/h7-9,13H,3-6,10-12H2,1-2H3,(H,19,22). The molecule has 128 valence electrons. The second-order valence-corrected chi connectivity index (χ2v) is 5.75. The number of esters is 1. The van der Waals surface area contributed by atoms with Crippen LogP contribution in [-0.2, 0) is 9.53 Å². The van der Waals surface area contributed by atoms with E-state index in [1.54, 1.807) is 29.2 Å². The number of methoxy groups -OCH3 is 1. The number of benzene rings is 1. The summed E-state index contributed by atoms with van der Waals surface area (Å²) in [6.07, 6.45) is 4.44. The van der Waals surface area contributed by atoms with Crippen molar-refractivity contribution in [3.63, 3.8) is 0 Å². The van der Waals surface area contributed by atoms with E-state index in [4.69, 9.17) is 11.6 Å². The zero-order chi connectivity index (χ0) is 17.1. The molecule has 0 bridgehead atoms. The first kappa shape index (κ1) is 19.3. The first-order valence-electron chi connectivity index (χ1n) is 7.95. The predicted octanol–water partition coefficient (Wildman–Crippen LogP) is 4.32.